The number of hydrogen-bond acceptors (Lipinski definition) is 3. The van der Waals surface area contributed by atoms with Crippen molar-refractivity contribution in [3.8, 4) is 27.9 Å². The van der Waals surface area contributed by atoms with Crippen molar-refractivity contribution in [3.05, 3.63) is 187 Å². The standard InChI is InChI=1S/C49H33N5/c1-3-15-31(16-4-1)47-50-48(32-17-5-2-6-18-32)52-49(51-47)54-43-27-26-30-14-7-8-19-33(30)45(43)40-28-38-37-23-13-22-36-34-20-9-11-24-41(34)53(46(36)37)42-25-12-10-21-35(42)39(38)29-44(40)54/h1-29,47,49,51H,(H,50,52). The topological polar surface area (TPSA) is 46.3 Å². The number of nitrogens with one attached hydrogen (secondary N) is 2. The van der Waals surface area contributed by atoms with E-state index < -0.39 is 6.29 Å². The summed E-state index contributed by atoms with van der Waals surface area (Å²) in [6, 6.07) is 63.8. The number of amidine groups is 1. The number of nitrogens with zero attached hydrogens (tertiary/aromatic N) is 3. The quantitative estimate of drug-likeness (QED) is 0.194. The molecule has 4 heterocycles. The predicted octanol–water partition coefficient (Wildman–Crippen LogP) is 11.5. The summed E-state index contributed by atoms with van der Waals surface area (Å²) in [6.45, 7) is 0. The summed E-state index contributed by atoms with van der Waals surface area (Å²) >= 11 is 0. The minimum atomic E-state index is -0.395. The highest BCUT2D eigenvalue weighted by Crippen LogP contribution is 2.49. The van der Waals surface area contributed by atoms with Crippen molar-refractivity contribution in [1.29, 1.82) is 0 Å². The monoisotopic (exact) mass is 691 g/mol. The van der Waals surface area contributed by atoms with Crippen LogP contribution in [0.15, 0.2) is 181 Å². The summed E-state index contributed by atoms with van der Waals surface area (Å²) in [4.78, 5) is 5.47. The zero-order chi connectivity index (χ0) is 35.3. The number of aliphatic imine (C=N–C) groups is 1. The van der Waals surface area contributed by atoms with Crippen LogP contribution < -0.4 is 10.6 Å². The van der Waals surface area contributed by atoms with Crippen molar-refractivity contribution in [1.82, 2.24) is 19.8 Å². The zero-order valence-electron chi connectivity index (χ0n) is 29.2. The summed E-state index contributed by atoms with van der Waals surface area (Å²) < 4.78 is 4.91. The van der Waals surface area contributed by atoms with Crippen molar-refractivity contribution in [2.45, 2.75) is 12.5 Å². The molecule has 12 rings (SSSR count). The molecule has 0 saturated carbocycles. The van der Waals surface area contributed by atoms with E-state index in [1.54, 1.807) is 0 Å². The Morgan fingerprint density at radius 1 is 0.481 bits per heavy atom. The van der Waals surface area contributed by atoms with Crippen LogP contribution in [0, 0.1) is 0 Å². The molecule has 0 radical (unpaired) electrons. The molecule has 254 valence electrons. The van der Waals surface area contributed by atoms with Gasteiger partial charge in [0.1, 0.15) is 12.0 Å². The molecular formula is C49H33N5. The molecule has 0 fully saturated rings. The van der Waals surface area contributed by atoms with Gasteiger partial charge < -0.3 is 14.5 Å². The second kappa shape index (κ2) is 11.3. The lowest BCUT2D eigenvalue weighted by atomic mass is 9.91. The molecule has 54 heavy (non-hydrogen) atoms. The molecule has 2 unspecified atom stereocenters. The molecule has 0 spiro atoms. The Morgan fingerprint density at radius 2 is 1.19 bits per heavy atom. The van der Waals surface area contributed by atoms with Gasteiger partial charge in [0.25, 0.3) is 0 Å². The second-order valence-corrected chi connectivity index (χ2v) is 14.4. The molecule has 2 aromatic heterocycles. The van der Waals surface area contributed by atoms with E-state index >= 15 is 0 Å². The Labute approximate surface area is 311 Å². The molecule has 8 aromatic carbocycles. The highest BCUT2D eigenvalue weighted by atomic mass is 15.4. The zero-order valence-corrected chi connectivity index (χ0v) is 29.2. The number of fused-ring (bicyclic) bond motifs is 13. The molecule has 5 heteroatoms. The average Bonchev–Trinajstić information content (AvgIpc) is 3.72. The van der Waals surface area contributed by atoms with Gasteiger partial charge in [0.05, 0.1) is 27.8 Å². The number of benzene rings is 8. The molecule has 0 bridgehead atoms. The second-order valence-electron chi connectivity index (χ2n) is 14.4. The summed E-state index contributed by atoms with van der Waals surface area (Å²) in [5.74, 6) is 0.863. The van der Waals surface area contributed by atoms with Crippen LogP contribution in [-0.2, 0) is 0 Å². The maximum absolute atomic E-state index is 5.47. The molecule has 0 aliphatic carbocycles. The molecule has 2 atom stereocenters. The fraction of sp³-hybridized carbons (Fsp3) is 0.0408. The highest BCUT2D eigenvalue weighted by Gasteiger charge is 2.30. The Bertz CT molecular complexity index is 3170. The smallest absolute Gasteiger partial charge is 0.184 e. The summed E-state index contributed by atoms with van der Waals surface area (Å²) in [5.41, 5.74) is 13.1. The van der Waals surface area contributed by atoms with Gasteiger partial charge in [-0.25, -0.2) is 4.99 Å². The average molecular weight is 692 g/mol. The highest BCUT2D eigenvalue weighted by molar-refractivity contribution is 6.24. The van der Waals surface area contributed by atoms with E-state index in [9.17, 15) is 0 Å². The Morgan fingerprint density at radius 3 is 2.07 bits per heavy atom. The lowest BCUT2D eigenvalue weighted by molar-refractivity contribution is 0.341. The number of aromatic nitrogens is 2. The molecular weight excluding hydrogens is 659 g/mol. The minimum Gasteiger partial charge on any atom is -0.350 e. The first-order valence-electron chi connectivity index (χ1n) is 18.6. The third-order valence-electron chi connectivity index (χ3n) is 11.5. The largest absolute Gasteiger partial charge is 0.350 e. The van der Waals surface area contributed by atoms with Crippen LogP contribution in [0.2, 0.25) is 0 Å². The van der Waals surface area contributed by atoms with E-state index in [-0.39, 0.29) is 6.17 Å². The first-order chi connectivity index (χ1) is 26.8. The van der Waals surface area contributed by atoms with E-state index in [2.05, 4.69) is 196 Å². The summed E-state index contributed by atoms with van der Waals surface area (Å²) in [7, 11) is 0. The van der Waals surface area contributed by atoms with E-state index in [1.807, 2.05) is 0 Å². The number of rotatable bonds is 3. The molecule has 10 aromatic rings. The van der Waals surface area contributed by atoms with Gasteiger partial charge in [0.15, 0.2) is 6.29 Å². The van der Waals surface area contributed by atoms with Gasteiger partial charge in [-0.05, 0) is 57.8 Å². The molecule has 2 aliphatic rings. The maximum Gasteiger partial charge on any atom is 0.184 e. The first kappa shape index (κ1) is 29.6. The van der Waals surface area contributed by atoms with Crippen LogP contribution in [-0.4, -0.2) is 15.0 Å². The van der Waals surface area contributed by atoms with Crippen LogP contribution in [0.25, 0.3) is 82.3 Å². The Kier molecular flexibility index (Phi) is 6.18. The van der Waals surface area contributed by atoms with Crippen LogP contribution in [0.5, 0.6) is 0 Å². The molecule has 2 aliphatic heterocycles. The van der Waals surface area contributed by atoms with Gasteiger partial charge in [-0.2, -0.15) is 0 Å². The van der Waals surface area contributed by atoms with E-state index in [4.69, 9.17) is 4.99 Å². The summed E-state index contributed by atoms with van der Waals surface area (Å²) in [5, 5.41) is 15.1. The van der Waals surface area contributed by atoms with E-state index in [1.165, 1.54) is 71.3 Å². The van der Waals surface area contributed by atoms with Gasteiger partial charge in [-0.15, -0.1) is 0 Å². The third-order valence-corrected chi connectivity index (χ3v) is 11.5. The van der Waals surface area contributed by atoms with Gasteiger partial charge in [-0.1, -0.05) is 146 Å². The van der Waals surface area contributed by atoms with Crippen LogP contribution in [0.4, 0.5) is 0 Å². The minimum absolute atomic E-state index is 0.157. The van der Waals surface area contributed by atoms with Crippen LogP contribution in [0.1, 0.15) is 23.6 Å². The van der Waals surface area contributed by atoms with Crippen LogP contribution >= 0.6 is 0 Å². The van der Waals surface area contributed by atoms with Crippen molar-refractivity contribution >= 4 is 60.2 Å². The SMILES string of the molecule is c1ccc(C2=NC(n3c4cc5c(cc4c4c6ccccc6ccc43)-c3cccc4c6ccccc6n(c34)-c3ccccc3-5)NC(c3ccccc3)N2)cc1. The summed E-state index contributed by atoms with van der Waals surface area (Å²) in [6.07, 6.45) is -0.553. The predicted molar refractivity (Wildman–Crippen MR) is 223 cm³/mol. The van der Waals surface area contributed by atoms with Crippen LogP contribution in [0.3, 0.4) is 0 Å². The molecule has 0 amide bonds. The van der Waals surface area contributed by atoms with Crippen molar-refractivity contribution < 1.29 is 0 Å². The fourth-order valence-electron chi connectivity index (χ4n) is 9.19. The van der Waals surface area contributed by atoms with E-state index in [0.717, 1.165) is 28.0 Å². The number of para-hydroxylation sites is 3. The van der Waals surface area contributed by atoms with Crippen molar-refractivity contribution in [3.63, 3.8) is 0 Å². The Balaban J connectivity index is 1.21. The molecule has 5 nitrogen and oxygen atoms in total. The first-order valence-corrected chi connectivity index (χ1v) is 18.6. The third kappa shape index (κ3) is 4.15. The normalized spacial score (nSPS) is 16.3. The van der Waals surface area contributed by atoms with Gasteiger partial charge >= 0.3 is 0 Å². The number of hydrogen-bond donors (Lipinski definition) is 2. The molecule has 0 saturated heterocycles. The van der Waals surface area contributed by atoms with E-state index in [0.29, 0.717) is 0 Å². The van der Waals surface area contributed by atoms with Crippen molar-refractivity contribution in [2.24, 2.45) is 4.99 Å². The van der Waals surface area contributed by atoms with Gasteiger partial charge in [-0.3, -0.25) is 5.32 Å². The lowest BCUT2D eigenvalue weighted by Crippen LogP contribution is -2.46. The van der Waals surface area contributed by atoms with Gasteiger partial charge in [0, 0.05) is 38.2 Å². The fourth-order valence-corrected chi connectivity index (χ4v) is 9.19. The Hall–Kier alpha value is -6.95. The van der Waals surface area contributed by atoms with Gasteiger partial charge in [0.2, 0.25) is 0 Å². The van der Waals surface area contributed by atoms with Crippen molar-refractivity contribution in [2.75, 3.05) is 0 Å². The lowest BCUT2D eigenvalue weighted by Gasteiger charge is -2.33. The molecule has 2 N–H and O–H groups in total. The maximum atomic E-state index is 5.47.